The van der Waals surface area contributed by atoms with Crippen LogP contribution in [0.1, 0.15) is 53.3 Å². The lowest BCUT2D eigenvalue weighted by Crippen LogP contribution is -2.23. The predicted octanol–water partition coefficient (Wildman–Crippen LogP) is 7.40. The molecule has 2 saturated carbocycles. The molecule has 0 amide bonds. The van der Waals surface area contributed by atoms with Gasteiger partial charge in [-0.3, -0.25) is 0 Å². The van der Waals surface area contributed by atoms with Gasteiger partial charge in [0.25, 0.3) is 0 Å². The summed E-state index contributed by atoms with van der Waals surface area (Å²) in [5, 5.41) is 15.4. The Labute approximate surface area is 237 Å². The summed E-state index contributed by atoms with van der Waals surface area (Å²) in [5.74, 6) is 0.392. The van der Waals surface area contributed by atoms with Gasteiger partial charge in [0.05, 0.1) is 33.0 Å². The highest BCUT2D eigenvalue weighted by Gasteiger charge is 2.43. The zero-order valence-electron chi connectivity index (χ0n) is 20.7. The highest BCUT2D eigenvalue weighted by Crippen LogP contribution is 2.47. The number of hydrogen-bond acceptors (Lipinski definition) is 7. The molecular weight excluding hydrogens is 564 g/mol. The molecule has 2 aliphatic carbocycles. The quantitative estimate of drug-likeness (QED) is 0.241. The second kappa shape index (κ2) is 9.73. The standard InChI is InChI=1S/C28H24Cl2FN3O4S/c29-19-2-1-3-20(30)23(19)24-18(26(38-33-24)13-4-5-13)12-37-17-6-15-10-34(11-16(15)7-17)28-32-25-21(31)8-14(27(35)36)9-22(25)39-28/h1-3,8-9,13,15-17H,4-7,10-12H2,(H,35,36)/t15-,16?,17-/m0/s1. The highest BCUT2D eigenvalue weighted by molar-refractivity contribution is 7.22. The van der Waals surface area contributed by atoms with Gasteiger partial charge in [0.15, 0.2) is 10.9 Å². The molecular formula is C28H24Cl2FN3O4S. The van der Waals surface area contributed by atoms with Crippen molar-refractivity contribution in [3.8, 4) is 11.3 Å². The van der Waals surface area contributed by atoms with Gasteiger partial charge < -0.3 is 19.3 Å². The van der Waals surface area contributed by atoms with E-state index < -0.39 is 11.8 Å². The van der Waals surface area contributed by atoms with Crippen LogP contribution in [0.5, 0.6) is 0 Å². The number of nitrogens with zero attached hydrogens (tertiary/aromatic N) is 3. The van der Waals surface area contributed by atoms with Crippen LogP contribution in [0.15, 0.2) is 34.9 Å². The smallest absolute Gasteiger partial charge is 0.335 e. The first-order chi connectivity index (χ1) is 18.9. The number of aromatic carboxylic acids is 1. The van der Waals surface area contributed by atoms with Gasteiger partial charge in [-0.25, -0.2) is 14.2 Å². The van der Waals surface area contributed by atoms with Crippen molar-refractivity contribution in [2.45, 2.75) is 44.3 Å². The summed E-state index contributed by atoms with van der Waals surface area (Å²) in [6, 6.07) is 7.93. The molecule has 0 radical (unpaired) electrons. The third-order valence-electron chi connectivity index (χ3n) is 8.09. The third kappa shape index (κ3) is 4.59. The molecule has 11 heteroatoms. The Balaban J connectivity index is 1.04. The van der Waals surface area contributed by atoms with Gasteiger partial charge in [-0.05, 0) is 61.8 Å². The summed E-state index contributed by atoms with van der Waals surface area (Å²) in [6.07, 6.45) is 4.12. The van der Waals surface area contributed by atoms with Crippen molar-refractivity contribution in [3.05, 3.63) is 63.1 Å². The molecule has 3 aliphatic rings. The summed E-state index contributed by atoms with van der Waals surface area (Å²) in [6.45, 7) is 2.03. The van der Waals surface area contributed by atoms with Gasteiger partial charge in [-0.2, -0.15) is 0 Å². The minimum atomic E-state index is -1.15. The van der Waals surface area contributed by atoms with Gasteiger partial charge in [0, 0.05) is 30.1 Å². The van der Waals surface area contributed by atoms with Gasteiger partial charge >= 0.3 is 5.97 Å². The lowest BCUT2D eigenvalue weighted by atomic mass is 10.0. The number of benzene rings is 2. The maximum Gasteiger partial charge on any atom is 0.335 e. The molecule has 1 unspecified atom stereocenters. The number of aromatic nitrogens is 2. The summed E-state index contributed by atoms with van der Waals surface area (Å²) in [5.41, 5.74) is 2.44. The second-order valence-corrected chi connectivity index (χ2v) is 12.5. The number of anilines is 1. The first-order valence-electron chi connectivity index (χ1n) is 13.0. The van der Waals surface area contributed by atoms with Crippen LogP contribution in [0, 0.1) is 17.7 Å². The van der Waals surface area contributed by atoms with Gasteiger partial charge in [0.1, 0.15) is 17.0 Å². The van der Waals surface area contributed by atoms with E-state index >= 15 is 0 Å². The van der Waals surface area contributed by atoms with Crippen LogP contribution in [0.25, 0.3) is 21.5 Å². The fourth-order valence-corrected chi connectivity index (χ4v) is 7.64. The summed E-state index contributed by atoms with van der Waals surface area (Å²) in [7, 11) is 0. The first-order valence-corrected chi connectivity index (χ1v) is 14.6. The third-order valence-corrected chi connectivity index (χ3v) is 9.79. The van der Waals surface area contributed by atoms with Crippen LogP contribution < -0.4 is 4.90 Å². The minimum Gasteiger partial charge on any atom is -0.478 e. The van der Waals surface area contributed by atoms with Gasteiger partial charge in [-0.15, -0.1) is 0 Å². The number of ether oxygens (including phenoxy) is 1. The number of carboxylic acids is 1. The SMILES string of the molecule is O=C(O)c1cc(F)c2nc(N3CC4C[C@@H](OCc5c(-c6c(Cl)cccc6Cl)noc5C5CC5)C[C@H]4C3)sc2c1. The number of fused-ring (bicyclic) bond motifs is 2. The number of carboxylic acid groups (broad SMARTS) is 1. The molecule has 0 spiro atoms. The van der Waals surface area contributed by atoms with E-state index in [0.29, 0.717) is 50.4 Å². The maximum absolute atomic E-state index is 14.5. The van der Waals surface area contributed by atoms with Crippen LogP contribution in [0.4, 0.5) is 9.52 Å². The van der Waals surface area contributed by atoms with Gasteiger partial charge in [0.2, 0.25) is 0 Å². The van der Waals surface area contributed by atoms with Crippen molar-refractivity contribution in [2.24, 2.45) is 11.8 Å². The van der Waals surface area contributed by atoms with Crippen molar-refractivity contribution in [1.82, 2.24) is 10.1 Å². The Morgan fingerprint density at radius 1 is 1.18 bits per heavy atom. The lowest BCUT2D eigenvalue weighted by molar-refractivity contribution is 0.0403. The molecule has 3 atom stereocenters. The fraction of sp³-hybridized carbons (Fsp3) is 0.393. The van der Waals surface area contributed by atoms with E-state index in [4.69, 9.17) is 32.5 Å². The molecule has 3 fully saturated rings. The average molecular weight is 588 g/mol. The van der Waals surface area contributed by atoms with E-state index in [-0.39, 0.29) is 17.2 Å². The maximum atomic E-state index is 14.5. The number of halogens is 3. The van der Waals surface area contributed by atoms with Gasteiger partial charge in [-0.1, -0.05) is 45.8 Å². The Kier molecular flexibility index (Phi) is 6.30. The van der Waals surface area contributed by atoms with Crippen molar-refractivity contribution < 1.29 is 23.6 Å². The normalized spacial score (nSPS) is 22.6. The molecule has 1 aliphatic heterocycles. The Morgan fingerprint density at radius 2 is 1.90 bits per heavy atom. The van der Waals surface area contributed by atoms with Crippen LogP contribution in [-0.2, 0) is 11.3 Å². The van der Waals surface area contributed by atoms with Crippen molar-refractivity contribution in [3.63, 3.8) is 0 Å². The van der Waals surface area contributed by atoms with Crippen molar-refractivity contribution in [1.29, 1.82) is 0 Å². The van der Waals surface area contributed by atoms with Crippen LogP contribution in [0.3, 0.4) is 0 Å². The molecule has 1 N–H and O–H groups in total. The zero-order valence-corrected chi connectivity index (χ0v) is 23.0. The van der Waals surface area contributed by atoms with Crippen LogP contribution >= 0.6 is 34.5 Å². The Hall–Kier alpha value is -2.72. The predicted molar refractivity (Wildman–Crippen MR) is 147 cm³/mol. The van der Waals surface area contributed by atoms with E-state index in [1.165, 1.54) is 17.4 Å². The fourth-order valence-electron chi connectivity index (χ4n) is 6.02. The number of thiazole rings is 1. The highest BCUT2D eigenvalue weighted by atomic mass is 35.5. The first kappa shape index (κ1) is 25.3. The molecule has 7 rings (SSSR count). The van der Waals surface area contributed by atoms with E-state index in [2.05, 4.69) is 15.0 Å². The lowest BCUT2D eigenvalue weighted by Gasteiger charge is -2.19. The zero-order chi connectivity index (χ0) is 26.8. The molecule has 2 aromatic heterocycles. The number of carbonyl (C=O) groups is 1. The monoisotopic (exact) mass is 587 g/mol. The molecule has 4 aromatic rings. The van der Waals surface area contributed by atoms with E-state index in [1.807, 2.05) is 6.07 Å². The summed E-state index contributed by atoms with van der Waals surface area (Å²) >= 11 is 14.3. The minimum absolute atomic E-state index is 0.0638. The average Bonchev–Trinajstić information content (AvgIpc) is 3.20. The molecule has 7 nitrogen and oxygen atoms in total. The van der Waals surface area contributed by atoms with Crippen molar-refractivity contribution in [2.75, 3.05) is 18.0 Å². The number of hydrogen-bond donors (Lipinski definition) is 1. The Bertz CT molecular complexity index is 1570. The molecule has 2 aromatic carbocycles. The molecule has 0 bridgehead atoms. The topological polar surface area (TPSA) is 88.7 Å². The Morgan fingerprint density at radius 3 is 2.56 bits per heavy atom. The molecule has 39 heavy (non-hydrogen) atoms. The van der Waals surface area contributed by atoms with E-state index in [9.17, 15) is 14.3 Å². The van der Waals surface area contributed by atoms with E-state index in [0.717, 1.165) is 61.3 Å². The molecule has 3 heterocycles. The number of rotatable bonds is 7. The molecule has 202 valence electrons. The van der Waals surface area contributed by atoms with Crippen molar-refractivity contribution >= 4 is 55.9 Å². The largest absolute Gasteiger partial charge is 0.478 e. The molecule has 1 saturated heterocycles. The summed E-state index contributed by atoms with van der Waals surface area (Å²) in [4.78, 5) is 18.0. The summed E-state index contributed by atoms with van der Waals surface area (Å²) < 4.78 is 27.3. The second-order valence-electron chi connectivity index (χ2n) is 10.7. The van der Waals surface area contributed by atoms with E-state index in [1.54, 1.807) is 12.1 Å². The van der Waals surface area contributed by atoms with Crippen LogP contribution in [-0.4, -0.2) is 40.4 Å². The van der Waals surface area contributed by atoms with Crippen LogP contribution in [0.2, 0.25) is 10.0 Å².